The molecular weight excluding hydrogens is 289 g/mol. The highest BCUT2D eigenvalue weighted by Gasteiger charge is 2.62. The maximum absolute atomic E-state index is 12.2. The van der Waals surface area contributed by atoms with Gasteiger partial charge in [0.05, 0.1) is 12.7 Å². The largest absolute Gasteiger partial charge is 0.287 e. The molecule has 0 saturated heterocycles. The van der Waals surface area contributed by atoms with Gasteiger partial charge in [0.2, 0.25) is 0 Å². The molecule has 1 aromatic carbocycles. The summed E-state index contributed by atoms with van der Waals surface area (Å²) in [7, 11) is -9.39. The van der Waals surface area contributed by atoms with Crippen molar-refractivity contribution < 1.29 is 19.4 Å². The van der Waals surface area contributed by atoms with Crippen LogP contribution in [0.4, 0.5) is 19.4 Å². The molecule has 19 heavy (non-hydrogen) atoms. The first-order valence-electron chi connectivity index (χ1n) is 5.21. The van der Waals surface area contributed by atoms with Crippen LogP contribution < -0.4 is 0 Å². The lowest BCUT2D eigenvalue weighted by Gasteiger charge is -2.40. The van der Waals surface area contributed by atoms with Gasteiger partial charge in [-0.05, 0) is 0 Å². The summed E-state index contributed by atoms with van der Waals surface area (Å²) in [6.07, 6.45) is 1.21. The van der Waals surface area contributed by atoms with Crippen LogP contribution in [0.2, 0.25) is 0 Å². The Morgan fingerprint density at radius 3 is 2.21 bits per heavy atom. The second-order valence-corrected chi connectivity index (χ2v) is 6.73. The molecule has 0 aliphatic rings. The first-order chi connectivity index (χ1) is 8.52. The molecule has 2 aromatic rings. The van der Waals surface area contributed by atoms with Gasteiger partial charge >= 0.3 is 0 Å². The quantitative estimate of drug-likeness (QED) is 0.790. The Morgan fingerprint density at radius 1 is 1.00 bits per heavy atom. The lowest BCUT2D eigenvalue weighted by atomic mass is 10.2. The van der Waals surface area contributed by atoms with Gasteiger partial charge in [-0.25, -0.2) is 0 Å². The number of halogens is 5. The van der Waals surface area contributed by atoms with E-state index in [9.17, 15) is 19.4 Å². The lowest BCUT2D eigenvalue weighted by molar-refractivity contribution is 0.357. The van der Waals surface area contributed by atoms with Crippen molar-refractivity contribution in [3.63, 3.8) is 0 Å². The molecule has 0 amide bonds. The molecule has 2 rings (SSSR count). The molecule has 0 atom stereocenters. The van der Waals surface area contributed by atoms with Crippen LogP contribution in [0, 0.1) is 0 Å². The predicted octanol–water partition coefficient (Wildman–Crippen LogP) is 4.24. The zero-order chi connectivity index (χ0) is 14.2. The van der Waals surface area contributed by atoms with Gasteiger partial charge < -0.3 is 0 Å². The summed E-state index contributed by atoms with van der Waals surface area (Å²) in [4.78, 5) is 0. The molecule has 106 valence electrons. The molecule has 0 bridgehead atoms. The van der Waals surface area contributed by atoms with Gasteiger partial charge in [0, 0.05) is 5.56 Å². The number of benzene rings is 1. The molecule has 0 radical (unpaired) electrons. The van der Waals surface area contributed by atoms with Crippen LogP contribution in [0.5, 0.6) is 0 Å². The van der Waals surface area contributed by atoms with Gasteiger partial charge in [-0.1, -0.05) is 55.0 Å². The highest BCUT2D eigenvalue weighted by Crippen LogP contribution is 2.97. The van der Waals surface area contributed by atoms with E-state index in [1.807, 2.05) is 0 Å². The normalized spacial score (nSPS) is 15.8. The SMILES string of the molecule is FS(F)(F)(F)(F)CCn1cc(-c2ccccc2)nn1. The third kappa shape index (κ3) is 4.51. The Balaban J connectivity index is 2.12. The zero-order valence-corrected chi connectivity index (χ0v) is 10.3. The van der Waals surface area contributed by atoms with Gasteiger partial charge in [-0.15, -0.1) is 5.10 Å². The summed E-state index contributed by atoms with van der Waals surface area (Å²) in [5, 5.41) is 7.06. The maximum Gasteiger partial charge on any atom is 0.287 e. The predicted molar refractivity (Wildman–Crippen MR) is 63.5 cm³/mol. The van der Waals surface area contributed by atoms with Crippen molar-refractivity contribution in [2.45, 2.75) is 6.54 Å². The van der Waals surface area contributed by atoms with Gasteiger partial charge in [-0.2, -0.15) is 0 Å². The van der Waals surface area contributed by atoms with E-state index in [2.05, 4.69) is 10.3 Å². The molecule has 1 heterocycles. The number of rotatable bonds is 4. The Kier molecular flexibility index (Phi) is 2.67. The molecule has 0 N–H and O–H groups in total. The topological polar surface area (TPSA) is 30.7 Å². The van der Waals surface area contributed by atoms with Gasteiger partial charge in [0.25, 0.3) is 10.2 Å². The average Bonchev–Trinajstić information content (AvgIpc) is 2.74. The van der Waals surface area contributed by atoms with Crippen LogP contribution in [0.3, 0.4) is 0 Å². The van der Waals surface area contributed by atoms with Crippen molar-refractivity contribution >= 4 is 10.2 Å². The van der Waals surface area contributed by atoms with E-state index in [-0.39, 0.29) is 0 Å². The van der Waals surface area contributed by atoms with E-state index in [0.717, 1.165) is 4.68 Å². The summed E-state index contributed by atoms with van der Waals surface area (Å²) in [6, 6.07) is 8.60. The van der Waals surface area contributed by atoms with Crippen LogP contribution in [0.25, 0.3) is 11.3 Å². The van der Waals surface area contributed by atoms with Crippen molar-refractivity contribution in [2.24, 2.45) is 0 Å². The minimum Gasteiger partial charge on any atom is -0.251 e. The third-order valence-corrected chi connectivity index (χ3v) is 3.27. The van der Waals surface area contributed by atoms with E-state index in [1.54, 1.807) is 30.3 Å². The molecule has 0 aliphatic heterocycles. The van der Waals surface area contributed by atoms with Crippen molar-refractivity contribution in [1.29, 1.82) is 0 Å². The van der Waals surface area contributed by atoms with E-state index < -0.39 is 22.5 Å². The highest BCUT2D eigenvalue weighted by molar-refractivity contribution is 8.45. The summed E-state index contributed by atoms with van der Waals surface area (Å²) in [5.74, 6) is -2.18. The number of hydrogen-bond acceptors (Lipinski definition) is 2. The van der Waals surface area contributed by atoms with Gasteiger partial charge in [-0.3, -0.25) is 4.68 Å². The van der Waals surface area contributed by atoms with Crippen molar-refractivity contribution in [3.05, 3.63) is 36.5 Å². The van der Waals surface area contributed by atoms with Crippen molar-refractivity contribution in [3.8, 4) is 11.3 Å². The minimum absolute atomic E-state index is 0.336. The van der Waals surface area contributed by atoms with E-state index >= 15 is 0 Å². The first kappa shape index (κ1) is 13.8. The average molecular weight is 299 g/mol. The maximum atomic E-state index is 12.2. The molecule has 0 aliphatic carbocycles. The molecule has 0 saturated carbocycles. The zero-order valence-electron chi connectivity index (χ0n) is 9.52. The number of aryl methyl sites for hydroxylation is 1. The molecule has 0 unspecified atom stereocenters. The minimum atomic E-state index is -9.39. The monoisotopic (exact) mass is 299 g/mol. The lowest BCUT2D eigenvalue weighted by Crippen LogP contribution is -2.16. The van der Waals surface area contributed by atoms with Crippen molar-refractivity contribution in [1.82, 2.24) is 15.0 Å². The van der Waals surface area contributed by atoms with Crippen LogP contribution in [-0.4, -0.2) is 20.7 Å². The Hall–Kier alpha value is -1.64. The summed E-state index contributed by atoms with van der Waals surface area (Å²) >= 11 is 0. The summed E-state index contributed by atoms with van der Waals surface area (Å²) < 4.78 is 61.6. The van der Waals surface area contributed by atoms with Crippen LogP contribution in [0.1, 0.15) is 0 Å². The molecule has 3 nitrogen and oxygen atoms in total. The fraction of sp³-hybridized carbons (Fsp3) is 0.200. The number of hydrogen-bond donors (Lipinski definition) is 0. The fourth-order valence-electron chi connectivity index (χ4n) is 1.41. The number of nitrogens with zero attached hydrogens (tertiary/aromatic N) is 3. The molecular formula is C10H10F5N3S. The Labute approximate surface area is 105 Å². The first-order valence-corrected chi connectivity index (χ1v) is 7.33. The van der Waals surface area contributed by atoms with Crippen LogP contribution >= 0.6 is 10.2 Å². The summed E-state index contributed by atoms with van der Waals surface area (Å²) in [6.45, 7) is -0.947. The standard InChI is InChI=1S/C10H10F5N3S/c11-19(12,13,14,15)7-6-18-8-10(16-17-18)9-4-2-1-3-5-9/h1-5,8H,6-7H2. The molecule has 0 fully saturated rings. The second-order valence-electron chi connectivity index (χ2n) is 4.07. The van der Waals surface area contributed by atoms with E-state index in [4.69, 9.17) is 0 Å². The van der Waals surface area contributed by atoms with E-state index in [1.165, 1.54) is 6.20 Å². The van der Waals surface area contributed by atoms with Gasteiger partial charge in [0.1, 0.15) is 11.4 Å². The van der Waals surface area contributed by atoms with Crippen LogP contribution in [-0.2, 0) is 6.54 Å². The van der Waals surface area contributed by atoms with Gasteiger partial charge in [0.15, 0.2) is 0 Å². The molecule has 9 heteroatoms. The van der Waals surface area contributed by atoms with Crippen molar-refractivity contribution in [2.75, 3.05) is 5.75 Å². The third-order valence-electron chi connectivity index (χ3n) is 2.31. The highest BCUT2D eigenvalue weighted by atomic mass is 32.5. The fourth-order valence-corrected chi connectivity index (χ4v) is 1.95. The molecule has 0 spiro atoms. The number of aromatic nitrogens is 3. The smallest absolute Gasteiger partial charge is 0.251 e. The summed E-state index contributed by atoms with van der Waals surface area (Å²) in [5.41, 5.74) is 0.990. The molecule has 1 aromatic heterocycles. The second kappa shape index (κ2) is 3.69. The Morgan fingerprint density at radius 2 is 1.63 bits per heavy atom. The Bertz CT molecular complexity index is 578. The van der Waals surface area contributed by atoms with E-state index in [0.29, 0.717) is 11.3 Å². The van der Waals surface area contributed by atoms with Crippen LogP contribution in [0.15, 0.2) is 36.5 Å².